The van der Waals surface area contributed by atoms with Gasteiger partial charge in [-0.1, -0.05) is 68.0 Å². The normalized spacial score (nSPS) is 19.3. The minimum atomic E-state index is -1.10. The van der Waals surface area contributed by atoms with E-state index in [4.69, 9.17) is 4.74 Å². The second-order valence-corrected chi connectivity index (χ2v) is 11.7. The molecule has 0 saturated carbocycles. The highest BCUT2D eigenvalue weighted by molar-refractivity contribution is 5.93. The van der Waals surface area contributed by atoms with E-state index in [0.29, 0.717) is 24.9 Å². The monoisotopic (exact) mass is 637 g/mol. The van der Waals surface area contributed by atoms with Crippen molar-refractivity contribution in [3.8, 4) is 0 Å². The number of hydrogen-bond donors (Lipinski definition) is 5. The summed E-state index contributed by atoms with van der Waals surface area (Å²) >= 11 is 0. The van der Waals surface area contributed by atoms with Crippen molar-refractivity contribution < 1.29 is 33.1 Å². The van der Waals surface area contributed by atoms with Crippen molar-refractivity contribution in [3.05, 3.63) is 83.2 Å². The van der Waals surface area contributed by atoms with Crippen molar-refractivity contribution in [3.63, 3.8) is 0 Å². The molecule has 0 fully saturated rings. The largest absolute Gasteiger partial charge is 0.467 e. The lowest BCUT2D eigenvalue weighted by atomic mass is 10.0. The summed E-state index contributed by atoms with van der Waals surface area (Å²) in [5.74, 6) is -2.78. The summed E-state index contributed by atoms with van der Waals surface area (Å²) in [6, 6.07) is 9.12. The fourth-order valence-corrected chi connectivity index (χ4v) is 5.09. The van der Waals surface area contributed by atoms with Gasteiger partial charge in [-0.25, -0.2) is 14.0 Å². The van der Waals surface area contributed by atoms with E-state index in [0.717, 1.165) is 11.1 Å². The molecule has 0 radical (unpaired) electrons. The van der Waals surface area contributed by atoms with Crippen LogP contribution in [0.2, 0.25) is 0 Å². The second kappa shape index (κ2) is 17.7. The standard InChI is InChI=1S/C34H44FN5O6/c1-21(2)30(33(44)46-4)40-34(45)39-28(19-23-11-9-10-22(3)18-23)32(43)38-27-14-7-8-17-36-29(41)16-15-25(37-31(27)42)20-24-12-5-6-13-26(24)35/h5-6,9-13,15-16,18,21,25,27-28,30H,7-8,14,17,19-20H2,1-4H3,(H,36,41)(H,37,42)(H,38,43)(H2,39,40,45)/b16-15+/t25-,27+,28+,30+/m1/s1. The van der Waals surface area contributed by atoms with Crippen molar-refractivity contribution in [2.75, 3.05) is 13.7 Å². The Hall–Kier alpha value is -4.74. The van der Waals surface area contributed by atoms with Gasteiger partial charge in [-0.15, -0.1) is 0 Å². The summed E-state index contributed by atoms with van der Waals surface area (Å²) in [4.78, 5) is 64.9. The number of rotatable bonds is 10. The first-order valence-electron chi connectivity index (χ1n) is 15.5. The Balaban J connectivity index is 1.83. The lowest BCUT2D eigenvalue weighted by Crippen LogP contribution is -2.58. The molecule has 5 amide bonds. The fraction of sp³-hybridized carbons (Fsp3) is 0.441. The van der Waals surface area contributed by atoms with Crippen molar-refractivity contribution in [1.29, 1.82) is 0 Å². The molecular weight excluding hydrogens is 593 g/mol. The molecular formula is C34H44FN5O6. The van der Waals surface area contributed by atoms with E-state index in [-0.39, 0.29) is 31.1 Å². The molecule has 0 saturated heterocycles. The van der Waals surface area contributed by atoms with Gasteiger partial charge in [0.15, 0.2) is 0 Å². The summed E-state index contributed by atoms with van der Waals surface area (Å²) in [6.07, 6.45) is 4.33. The zero-order valence-corrected chi connectivity index (χ0v) is 26.7. The molecule has 0 unspecified atom stereocenters. The molecule has 5 N–H and O–H groups in total. The van der Waals surface area contributed by atoms with E-state index in [1.807, 2.05) is 31.2 Å². The Morgan fingerprint density at radius 1 is 1.04 bits per heavy atom. The Labute approximate surface area is 269 Å². The Morgan fingerprint density at radius 3 is 2.50 bits per heavy atom. The number of ether oxygens (including phenoxy) is 1. The molecule has 0 bridgehead atoms. The summed E-state index contributed by atoms with van der Waals surface area (Å²) < 4.78 is 19.3. The van der Waals surface area contributed by atoms with E-state index in [1.165, 1.54) is 25.3 Å². The zero-order chi connectivity index (χ0) is 33.6. The van der Waals surface area contributed by atoms with Crippen LogP contribution >= 0.6 is 0 Å². The van der Waals surface area contributed by atoms with Gasteiger partial charge in [-0.2, -0.15) is 0 Å². The van der Waals surface area contributed by atoms with Gasteiger partial charge in [-0.3, -0.25) is 14.4 Å². The van der Waals surface area contributed by atoms with Gasteiger partial charge in [0.1, 0.15) is 23.9 Å². The molecule has 11 nitrogen and oxygen atoms in total. The third-order valence-corrected chi connectivity index (χ3v) is 7.61. The molecule has 0 aromatic heterocycles. The summed E-state index contributed by atoms with van der Waals surface area (Å²) in [5.41, 5.74) is 2.10. The number of urea groups is 1. The third kappa shape index (κ3) is 11.3. The molecule has 46 heavy (non-hydrogen) atoms. The van der Waals surface area contributed by atoms with E-state index in [9.17, 15) is 28.4 Å². The topological polar surface area (TPSA) is 155 Å². The zero-order valence-electron chi connectivity index (χ0n) is 26.7. The Bertz CT molecular complexity index is 1410. The SMILES string of the molecule is COC(=O)[C@@H](NC(=O)N[C@@H](Cc1cccc(C)c1)C(=O)N[C@H]1CCCCNC(=O)/C=C/[C@H](Cc2ccccc2F)NC1=O)C(C)C. The number of nitrogens with one attached hydrogen (secondary N) is 5. The Kier molecular flexibility index (Phi) is 13.7. The minimum absolute atomic E-state index is 0.0811. The number of esters is 1. The number of carbonyl (C=O) groups excluding carboxylic acids is 5. The third-order valence-electron chi connectivity index (χ3n) is 7.61. The van der Waals surface area contributed by atoms with Crippen LogP contribution in [0.4, 0.5) is 9.18 Å². The maximum Gasteiger partial charge on any atom is 0.328 e. The van der Waals surface area contributed by atoms with Crippen LogP contribution in [0, 0.1) is 18.7 Å². The van der Waals surface area contributed by atoms with Gasteiger partial charge in [0.25, 0.3) is 0 Å². The average Bonchev–Trinajstić information content (AvgIpc) is 3.01. The molecule has 12 heteroatoms. The van der Waals surface area contributed by atoms with Crippen LogP contribution in [0.5, 0.6) is 0 Å². The van der Waals surface area contributed by atoms with Gasteiger partial charge in [-0.05, 0) is 55.7 Å². The van der Waals surface area contributed by atoms with Crippen LogP contribution in [0.15, 0.2) is 60.7 Å². The van der Waals surface area contributed by atoms with Gasteiger partial charge in [0.05, 0.1) is 13.2 Å². The van der Waals surface area contributed by atoms with Crippen molar-refractivity contribution in [2.45, 2.75) is 77.0 Å². The first-order valence-corrected chi connectivity index (χ1v) is 15.5. The molecule has 248 valence electrons. The number of hydrogen-bond acceptors (Lipinski definition) is 6. The molecule has 1 heterocycles. The average molecular weight is 638 g/mol. The number of methoxy groups -OCH3 is 1. The minimum Gasteiger partial charge on any atom is -0.467 e. The molecule has 0 spiro atoms. The van der Waals surface area contributed by atoms with Crippen molar-refractivity contribution >= 4 is 29.7 Å². The van der Waals surface area contributed by atoms with Crippen LogP contribution in [-0.4, -0.2) is 67.5 Å². The van der Waals surface area contributed by atoms with Crippen molar-refractivity contribution in [1.82, 2.24) is 26.6 Å². The van der Waals surface area contributed by atoms with E-state index < -0.39 is 53.8 Å². The van der Waals surface area contributed by atoms with Crippen LogP contribution in [0.1, 0.15) is 49.8 Å². The predicted octanol–water partition coefficient (Wildman–Crippen LogP) is 2.61. The first-order chi connectivity index (χ1) is 22.0. The van der Waals surface area contributed by atoms with Crippen molar-refractivity contribution in [2.24, 2.45) is 5.92 Å². The van der Waals surface area contributed by atoms with Gasteiger partial charge < -0.3 is 31.3 Å². The number of halogens is 1. The van der Waals surface area contributed by atoms with E-state index in [2.05, 4.69) is 26.6 Å². The van der Waals surface area contributed by atoms with Crippen LogP contribution < -0.4 is 26.6 Å². The van der Waals surface area contributed by atoms with Gasteiger partial charge in [0, 0.05) is 19.0 Å². The number of aryl methyl sites for hydroxylation is 1. The van der Waals surface area contributed by atoms with Crippen LogP contribution in [0.25, 0.3) is 0 Å². The lowest BCUT2D eigenvalue weighted by molar-refractivity contribution is -0.144. The highest BCUT2D eigenvalue weighted by Crippen LogP contribution is 2.13. The summed E-state index contributed by atoms with van der Waals surface area (Å²) in [7, 11) is 1.23. The van der Waals surface area contributed by atoms with Gasteiger partial charge in [0.2, 0.25) is 17.7 Å². The van der Waals surface area contributed by atoms with Crippen LogP contribution in [-0.2, 0) is 36.8 Å². The molecule has 1 aliphatic heterocycles. The van der Waals surface area contributed by atoms with E-state index >= 15 is 0 Å². The molecule has 2 aromatic rings. The lowest BCUT2D eigenvalue weighted by Gasteiger charge is -2.26. The maximum atomic E-state index is 14.5. The molecule has 4 atom stereocenters. The Morgan fingerprint density at radius 2 is 1.80 bits per heavy atom. The highest BCUT2D eigenvalue weighted by atomic mass is 19.1. The van der Waals surface area contributed by atoms with E-state index in [1.54, 1.807) is 32.0 Å². The molecule has 2 aromatic carbocycles. The number of benzene rings is 2. The number of amides is 5. The first kappa shape index (κ1) is 35.7. The molecule has 1 aliphatic rings. The smallest absolute Gasteiger partial charge is 0.328 e. The summed E-state index contributed by atoms with van der Waals surface area (Å²) in [6.45, 7) is 5.78. The predicted molar refractivity (Wildman–Crippen MR) is 171 cm³/mol. The molecule has 3 rings (SSSR count). The summed E-state index contributed by atoms with van der Waals surface area (Å²) in [5, 5.41) is 13.7. The van der Waals surface area contributed by atoms with Gasteiger partial charge >= 0.3 is 12.0 Å². The van der Waals surface area contributed by atoms with Crippen LogP contribution in [0.3, 0.4) is 0 Å². The number of carbonyl (C=O) groups is 5. The fourth-order valence-electron chi connectivity index (χ4n) is 5.09. The highest BCUT2D eigenvalue weighted by Gasteiger charge is 2.30. The quantitative estimate of drug-likeness (QED) is 0.253. The second-order valence-electron chi connectivity index (χ2n) is 11.7. The molecule has 0 aliphatic carbocycles. The maximum absolute atomic E-state index is 14.5.